The summed E-state index contributed by atoms with van der Waals surface area (Å²) < 4.78 is 0. The lowest BCUT2D eigenvalue weighted by Gasteiger charge is -2.23. The first-order chi connectivity index (χ1) is 5.75. The lowest BCUT2D eigenvalue weighted by atomic mass is 9.86. The Labute approximate surface area is 73.8 Å². The molecule has 0 fully saturated rings. The fourth-order valence-electron chi connectivity index (χ4n) is 1.47. The molecule has 0 radical (unpaired) electrons. The van der Waals surface area contributed by atoms with Crippen LogP contribution in [0, 0.1) is 18.3 Å². The van der Waals surface area contributed by atoms with E-state index in [1.54, 1.807) is 0 Å². The fourth-order valence-corrected chi connectivity index (χ4v) is 1.47. The average molecular weight is 162 g/mol. The smallest absolute Gasteiger partial charge is 0.0892 e. The van der Waals surface area contributed by atoms with Crippen LogP contribution in [-0.2, 0) is 0 Å². The Balaban J connectivity index is 2.53. The van der Waals surface area contributed by atoms with E-state index in [-0.39, 0.29) is 5.92 Å². The SMILES string of the molecule is C#CC(=C)[C@@H](O)[C@H]1CC=CCC1. The third kappa shape index (κ3) is 1.99. The molecule has 0 aromatic rings. The predicted octanol–water partition coefficient (Wildman–Crippen LogP) is 1.89. The quantitative estimate of drug-likeness (QED) is 0.485. The molecule has 1 nitrogen and oxygen atoms in total. The molecule has 0 spiro atoms. The highest BCUT2D eigenvalue weighted by Gasteiger charge is 2.20. The maximum atomic E-state index is 9.67. The fraction of sp³-hybridized carbons (Fsp3) is 0.455. The van der Waals surface area contributed by atoms with Gasteiger partial charge in [0.25, 0.3) is 0 Å². The van der Waals surface area contributed by atoms with E-state index >= 15 is 0 Å². The molecule has 0 bridgehead atoms. The second-order valence-corrected chi connectivity index (χ2v) is 3.16. The van der Waals surface area contributed by atoms with Crippen molar-refractivity contribution >= 4 is 0 Å². The molecule has 1 heteroatoms. The van der Waals surface area contributed by atoms with Gasteiger partial charge in [0.05, 0.1) is 6.10 Å². The van der Waals surface area contributed by atoms with Gasteiger partial charge in [-0.25, -0.2) is 0 Å². The Morgan fingerprint density at radius 3 is 2.92 bits per heavy atom. The van der Waals surface area contributed by atoms with Gasteiger partial charge in [0.2, 0.25) is 0 Å². The summed E-state index contributed by atoms with van der Waals surface area (Å²) in [5.41, 5.74) is 0.510. The average Bonchev–Trinajstić information content (AvgIpc) is 2.17. The van der Waals surface area contributed by atoms with Crippen molar-refractivity contribution in [3.63, 3.8) is 0 Å². The monoisotopic (exact) mass is 162 g/mol. The van der Waals surface area contributed by atoms with Crippen molar-refractivity contribution in [1.29, 1.82) is 0 Å². The van der Waals surface area contributed by atoms with Gasteiger partial charge >= 0.3 is 0 Å². The molecule has 0 aliphatic heterocycles. The van der Waals surface area contributed by atoms with Crippen LogP contribution >= 0.6 is 0 Å². The Bertz CT molecular complexity index is 232. The lowest BCUT2D eigenvalue weighted by Crippen LogP contribution is -2.22. The third-order valence-electron chi connectivity index (χ3n) is 2.30. The van der Waals surface area contributed by atoms with Crippen molar-refractivity contribution in [3.8, 4) is 12.3 Å². The van der Waals surface area contributed by atoms with E-state index in [0.717, 1.165) is 19.3 Å². The van der Waals surface area contributed by atoms with Gasteiger partial charge in [0.1, 0.15) is 0 Å². The van der Waals surface area contributed by atoms with Crippen molar-refractivity contribution in [3.05, 3.63) is 24.3 Å². The van der Waals surface area contributed by atoms with Crippen LogP contribution in [0.2, 0.25) is 0 Å². The summed E-state index contributed by atoms with van der Waals surface area (Å²) in [4.78, 5) is 0. The first-order valence-electron chi connectivity index (χ1n) is 4.24. The number of aliphatic hydroxyl groups excluding tert-OH is 1. The zero-order chi connectivity index (χ0) is 8.97. The van der Waals surface area contributed by atoms with Gasteiger partial charge < -0.3 is 5.11 Å². The molecule has 0 saturated carbocycles. The molecular formula is C11H14O. The minimum atomic E-state index is -0.514. The van der Waals surface area contributed by atoms with Gasteiger partial charge in [-0.15, -0.1) is 6.42 Å². The summed E-state index contributed by atoms with van der Waals surface area (Å²) >= 11 is 0. The molecule has 64 valence electrons. The van der Waals surface area contributed by atoms with Crippen LogP contribution in [0.4, 0.5) is 0 Å². The maximum Gasteiger partial charge on any atom is 0.0892 e. The van der Waals surface area contributed by atoms with E-state index in [2.05, 4.69) is 24.7 Å². The molecule has 0 saturated heterocycles. The highest BCUT2D eigenvalue weighted by atomic mass is 16.3. The van der Waals surface area contributed by atoms with Crippen LogP contribution < -0.4 is 0 Å². The second-order valence-electron chi connectivity index (χ2n) is 3.16. The van der Waals surface area contributed by atoms with Crippen LogP contribution in [0.15, 0.2) is 24.3 Å². The Morgan fingerprint density at radius 1 is 1.67 bits per heavy atom. The van der Waals surface area contributed by atoms with E-state index in [0.29, 0.717) is 5.57 Å². The van der Waals surface area contributed by atoms with E-state index in [1.165, 1.54) is 0 Å². The molecule has 0 unspecified atom stereocenters. The molecule has 1 aliphatic carbocycles. The summed E-state index contributed by atoms with van der Waals surface area (Å²) in [5.74, 6) is 2.67. The summed E-state index contributed by atoms with van der Waals surface area (Å²) in [6.07, 6.45) is 11.8. The van der Waals surface area contributed by atoms with Gasteiger partial charge in [-0.05, 0) is 25.2 Å². The Kier molecular flexibility index (Phi) is 3.13. The van der Waals surface area contributed by atoms with Crippen LogP contribution in [0.3, 0.4) is 0 Å². The molecule has 1 N–H and O–H groups in total. The molecule has 0 amide bonds. The number of rotatable bonds is 2. The maximum absolute atomic E-state index is 9.67. The molecule has 2 atom stereocenters. The van der Waals surface area contributed by atoms with Crippen molar-refractivity contribution in [1.82, 2.24) is 0 Å². The molecule has 0 aromatic heterocycles. The molecule has 1 aliphatic rings. The van der Waals surface area contributed by atoms with Crippen molar-refractivity contribution in [2.45, 2.75) is 25.4 Å². The van der Waals surface area contributed by atoms with Gasteiger partial charge in [-0.1, -0.05) is 24.7 Å². The highest BCUT2D eigenvalue weighted by molar-refractivity contribution is 5.26. The van der Waals surface area contributed by atoms with Gasteiger partial charge in [0, 0.05) is 5.57 Å². The summed E-state index contributed by atoms with van der Waals surface area (Å²) in [6.45, 7) is 3.64. The number of terminal acetylenes is 1. The third-order valence-corrected chi connectivity index (χ3v) is 2.30. The van der Waals surface area contributed by atoms with Crippen molar-refractivity contribution in [2.75, 3.05) is 0 Å². The Hall–Kier alpha value is -1.00. The highest BCUT2D eigenvalue weighted by Crippen LogP contribution is 2.24. The zero-order valence-corrected chi connectivity index (χ0v) is 7.16. The van der Waals surface area contributed by atoms with E-state index in [9.17, 15) is 5.11 Å². The normalized spacial score (nSPS) is 24.5. The standard InChI is InChI=1S/C11H14O/c1-3-9(2)11(12)10-7-5-4-6-8-10/h1,4-5,10-12H,2,6-8H2/t10-,11+/m0/s1. The van der Waals surface area contributed by atoms with Crippen molar-refractivity contribution in [2.24, 2.45) is 5.92 Å². The number of hydrogen-bond donors (Lipinski definition) is 1. The van der Waals surface area contributed by atoms with Gasteiger partial charge in [0.15, 0.2) is 0 Å². The van der Waals surface area contributed by atoms with E-state index in [4.69, 9.17) is 6.42 Å². The molecule has 0 heterocycles. The number of hydrogen-bond acceptors (Lipinski definition) is 1. The van der Waals surface area contributed by atoms with Crippen LogP contribution in [0.1, 0.15) is 19.3 Å². The van der Waals surface area contributed by atoms with Gasteiger partial charge in [-0.2, -0.15) is 0 Å². The first-order valence-corrected chi connectivity index (χ1v) is 4.24. The minimum Gasteiger partial charge on any atom is -0.387 e. The largest absolute Gasteiger partial charge is 0.387 e. The van der Waals surface area contributed by atoms with Crippen LogP contribution in [0.5, 0.6) is 0 Å². The lowest BCUT2D eigenvalue weighted by molar-refractivity contribution is 0.139. The first kappa shape index (κ1) is 9.09. The van der Waals surface area contributed by atoms with E-state index in [1.807, 2.05) is 0 Å². The minimum absolute atomic E-state index is 0.276. The second kappa shape index (κ2) is 4.13. The molecular weight excluding hydrogens is 148 g/mol. The summed E-state index contributed by atoms with van der Waals surface area (Å²) in [5, 5.41) is 9.67. The van der Waals surface area contributed by atoms with Crippen LogP contribution in [-0.4, -0.2) is 11.2 Å². The topological polar surface area (TPSA) is 20.2 Å². The molecule has 12 heavy (non-hydrogen) atoms. The molecule has 0 aromatic carbocycles. The van der Waals surface area contributed by atoms with Crippen LogP contribution in [0.25, 0.3) is 0 Å². The van der Waals surface area contributed by atoms with Crippen molar-refractivity contribution < 1.29 is 5.11 Å². The van der Waals surface area contributed by atoms with Gasteiger partial charge in [-0.3, -0.25) is 0 Å². The predicted molar refractivity (Wildman–Crippen MR) is 50.5 cm³/mol. The number of aliphatic hydroxyl groups is 1. The number of allylic oxidation sites excluding steroid dienone is 2. The summed E-state index contributed by atoms with van der Waals surface area (Å²) in [7, 11) is 0. The Morgan fingerprint density at radius 2 is 2.42 bits per heavy atom. The summed E-state index contributed by atoms with van der Waals surface area (Å²) in [6, 6.07) is 0. The molecule has 1 rings (SSSR count). The zero-order valence-electron chi connectivity index (χ0n) is 7.16. The van der Waals surface area contributed by atoms with E-state index < -0.39 is 6.10 Å².